The minimum atomic E-state index is -0.0399. The molecule has 0 bridgehead atoms. The summed E-state index contributed by atoms with van der Waals surface area (Å²) in [5, 5.41) is 16.1. The molecule has 0 atom stereocenters. The van der Waals surface area contributed by atoms with E-state index < -0.39 is 0 Å². The van der Waals surface area contributed by atoms with Gasteiger partial charge in [0.25, 0.3) is 5.91 Å². The first kappa shape index (κ1) is 18.7. The Hall–Kier alpha value is -3.28. The smallest absolute Gasteiger partial charge is 0.276 e. The maximum atomic E-state index is 13.1. The van der Waals surface area contributed by atoms with Crippen LogP contribution in [0.3, 0.4) is 0 Å². The summed E-state index contributed by atoms with van der Waals surface area (Å²) in [6.45, 7) is 5.59. The van der Waals surface area contributed by atoms with E-state index in [-0.39, 0.29) is 5.91 Å². The zero-order chi connectivity index (χ0) is 20.7. The normalized spacial score (nSPS) is 14.5. The van der Waals surface area contributed by atoms with Crippen LogP contribution in [-0.4, -0.2) is 43.7 Å². The average Bonchev–Trinajstić information content (AvgIpc) is 3.18. The summed E-state index contributed by atoms with van der Waals surface area (Å²) in [5.74, 6) is -0.0399. The van der Waals surface area contributed by atoms with Crippen LogP contribution in [0.5, 0.6) is 0 Å². The van der Waals surface area contributed by atoms with E-state index in [1.165, 1.54) is 11.8 Å². The maximum Gasteiger partial charge on any atom is 0.276 e. The molecule has 152 valence electrons. The molecule has 6 nitrogen and oxygen atoms in total. The lowest BCUT2D eigenvalue weighted by molar-refractivity contribution is 0.0715. The van der Waals surface area contributed by atoms with Crippen LogP contribution in [-0.2, 0) is 6.42 Å². The van der Waals surface area contributed by atoms with Gasteiger partial charge in [0.2, 0.25) is 0 Å². The first-order chi connectivity index (χ1) is 14.7. The predicted molar refractivity (Wildman–Crippen MR) is 118 cm³/mol. The van der Waals surface area contributed by atoms with Gasteiger partial charge in [0, 0.05) is 13.1 Å². The molecule has 1 amide bonds. The molecule has 5 rings (SSSR count). The number of rotatable bonds is 3. The number of carbonyl (C=O) groups excluding carboxylic acids is 1. The molecule has 1 saturated heterocycles. The van der Waals surface area contributed by atoms with Gasteiger partial charge >= 0.3 is 0 Å². The highest BCUT2D eigenvalue weighted by Crippen LogP contribution is 2.34. The topological polar surface area (TPSA) is 63.4 Å². The first-order valence-electron chi connectivity index (χ1n) is 10.7. The molecule has 30 heavy (non-hydrogen) atoms. The number of aromatic nitrogens is 4. The number of benzene rings is 2. The number of nitrogens with zero attached hydrogens (tertiary/aromatic N) is 5. The lowest BCUT2D eigenvalue weighted by Gasteiger charge is -2.26. The van der Waals surface area contributed by atoms with Gasteiger partial charge in [-0.15, -0.1) is 10.2 Å². The molecular weight excluding hydrogens is 374 g/mol. The Balaban J connectivity index is 1.69. The molecule has 0 unspecified atom stereocenters. The number of hydrogen-bond donors (Lipinski definition) is 0. The quantitative estimate of drug-likeness (QED) is 0.511. The number of fused-ring (bicyclic) bond motifs is 2. The molecule has 6 heteroatoms. The van der Waals surface area contributed by atoms with Crippen LogP contribution >= 0.6 is 0 Å². The highest BCUT2D eigenvalue weighted by atomic mass is 16.2. The van der Waals surface area contributed by atoms with Crippen molar-refractivity contribution in [3.8, 4) is 11.1 Å². The van der Waals surface area contributed by atoms with E-state index in [1.54, 1.807) is 4.52 Å². The van der Waals surface area contributed by atoms with Gasteiger partial charge in [-0.3, -0.25) is 4.79 Å². The molecule has 1 aliphatic heterocycles. The van der Waals surface area contributed by atoms with Gasteiger partial charge in [-0.1, -0.05) is 49.4 Å². The lowest BCUT2D eigenvalue weighted by Crippen LogP contribution is -2.37. The largest absolute Gasteiger partial charge is 0.337 e. The number of hydrogen-bond acceptors (Lipinski definition) is 4. The second-order valence-corrected chi connectivity index (χ2v) is 7.92. The second-order valence-electron chi connectivity index (χ2n) is 7.92. The number of aryl methyl sites for hydroxylation is 2. The van der Waals surface area contributed by atoms with Crippen molar-refractivity contribution in [2.45, 2.75) is 39.5 Å². The van der Waals surface area contributed by atoms with Crippen molar-refractivity contribution in [1.29, 1.82) is 0 Å². The molecule has 0 saturated carbocycles. The summed E-state index contributed by atoms with van der Waals surface area (Å²) in [6.07, 6.45) is 4.05. The van der Waals surface area contributed by atoms with Gasteiger partial charge in [0.15, 0.2) is 11.3 Å². The van der Waals surface area contributed by atoms with Crippen LogP contribution in [0.1, 0.15) is 48.1 Å². The summed E-state index contributed by atoms with van der Waals surface area (Å²) in [4.78, 5) is 14.9. The molecule has 2 aromatic heterocycles. The fraction of sp³-hybridized carbons (Fsp3) is 0.333. The van der Waals surface area contributed by atoms with Crippen molar-refractivity contribution in [3.63, 3.8) is 0 Å². The van der Waals surface area contributed by atoms with Gasteiger partial charge in [-0.05, 0) is 48.9 Å². The van der Waals surface area contributed by atoms with Crippen LogP contribution in [0.2, 0.25) is 0 Å². The molecule has 0 spiro atoms. The third-order valence-electron chi connectivity index (χ3n) is 6.08. The minimum absolute atomic E-state index is 0.0399. The zero-order valence-corrected chi connectivity index (χ0v) is 17.4. The Labute approximate surface area is 175 Å². The Kier molecular flexibility index (Phi) is 4.69. The van der Waals surface area contributed by atoms with E-state index in [4.69, 9.17) is 5.10 Å². The highest BCUT2D eigenvalue weighted by molar-refractivity contribution is 6.00. The van der Waals surface area contributed by atoms with Crippen molar-refractivity contribution < 1.29 is 4.79 Å². The number of carbonyl (C=O) groups is 1. The van der Waals surface area contributed by atoms with Gasteiger partial charge < -0.3 is 4.90 Å². The number of likely N-dealkylation sites (tertiary alicyclic amines) is 1. The summed E-state index contributed by atoms with van der Waals surface area (Å²) in [5.41, 5.74) is 4.92. The first-order valence-corrected chi connectivity index (χ1v) is 10.7. The summed E-state index contributed by atoms with van der Waals surface area (Å²) in [6, 6.07) is 14.6. The van der Waals surface area contributed by atoms with Gasteiger partial charge in [-0.25, -0.2) is 4.52 Å². The van der Waals surface area contributed by atoms with Crippen LogP contribution in [0.25, 0.3) is 27.5 Å². The monoisotopic (exact) mass is 399 g/mol. The molecule has 0 N–H and O–H groups in total. The van der Waals surface area contributed by atoms with Crippen molar-refractivity contribution >= 4 is 22.3 Å². The van der Waals surface area contributed by atoms with Crippen LogP contribution in [0.15, 0.2) is 42.5 Å². The molecule has 1 aliphatic rings. The molecular formula is C24H25N5O. The third kappa shape index (κ3) is 2.95. The third-order valence-corrected chi connectivity index (χ3v) is 6.08. The van der Waals surface area contributed by atoms with E-state index in [0.29, 0.717) is 11.3 Å². The van der Waals surface area contributed by atoms with Gasteiger partial charge in [0.1, 0.15) is 0 Å². The average molecular weight is 399 g/mol. The fourth-order valence-corrected chi connectivity index (χ4v) is 4.46. The van der Waals surface area contributed by atoms with Crippen LogP contribution < -0.4 is 0 Å². The Morgan fingerprint density at radius 3 is 2.57 bits per heavy atom. The molecule has 2 aromatic carbocycles. The zero-order valence-electron chi connectivity index (χ0n) is 17.4. The molecule has 0 aliphatic carbocycles. The molecule has 1 fully saturated rings. The van der Waals surface area contributed by atoms with E-state index in [1.807, 2.05) is 17.9 Å². The fourth-order valence-electron chi connectivity index (χ4n) is 4.46. The number of piperidine rings is 1. The van der Waals surface area contributed by atoms with E-state index in [0.717, 1.165) is 60.3 Å². The molecule has 4 aromatic rings. The summed E-state index contributed by atoms with van der Waals surface area (Å²) >= 11 is 0. The van der Waals surface area contributed by atoms with E-state index in [9.17, 15) is 4.79 Å². The van der Waals surface area contributed by atoms with Gasteiger partial charge in [0.05, 0.1) is 17.0 Å². The standard InChI is InChI=1S/C24H25N5O/c1-3-20-21(19-13-9-11-17-10-5-6-12-18(17)19)23-26-25-22(16(2)29(23)27-20)24(30)28-14-7-4-8-15-28/h5-6,9-13H,3-4,7-8,14-15H2,1-2H3. The summed E-state index contributed by atoms with van der Waals surface area (Å²) < 4.78 is 1.81. The van der Waals surface area contributed by atoms with Crippen molar-refractivity contribution in [2.75, 3.05) is 13.1 Å². The van der Waals surface area contributed by atoms with Gasteiger partial charge in [-0.2, -0.15) is 5.10 Å². The maximum absolute atomic E-state index is 13.1. The molecule has 3 heterocycles. The summed E-state index contributed by atoms with van der Waals surface area (Å²) in [7, 11) is 0. The lowest BCUT2D eigenvalue weighted by atomic mass is 9.97. The highest BCUT2D eigenvalue weighted by Gasteiger charge is 2.25. The van der Waals surface area contributed by atoms with E-state index in [2.05, 4.69) is 53.5 Å². The van der Waals surface area contributed by atoms with Crippen LogP contribution in [0, 0.1) is 6.92 Å². The minimum Gasteiger partial charge on any atom is -0.337 e. The Bertz CT molecular complexity index is 1250. The molecule has 0 radical (unpaired) electrons. The van der Waals surface area contributed by atoms with E-state index >= 15 is 0 Å². The van der Waals surface area contributed by atoms with Crippen molar-refractivity contribution in [1.82, 2.24) is 24.7 Å². The second kappa shape index (κ2) is 7.52. The van der Waals surface area contributed by atoms with Crippen LogP contribution in [0.4, 0.5) is 0 Å². The van der Waals surface area contributed by atoms with Crippen molar-refractivity contribution in [3.05, 3.63) is 59.5 Å². The Morgan fingerprint density at radius 1 is 1.00 bits per heavy atom. The number of amides is 1. The van der Waals surface area contributed by atoms with Crippen molar-refractivity contribution in [2.24, 2.45) is 0 Å². The predicted octanol–water partition coefficient (Wildman–Crippen LogP) is 4.44. The Morgan fingerprint density at radius 2 is 1.77 bits per heavy atom. The SMILES string of the molecule is CCc1nn2c(C)c(C(=O)N3CCCCC3)nnc2c1-c1cccc2ccccc12.